The second kappa shape index (κ2) is 9.48. The predicted octanol–water partition coefficient (Wildman–Crippen LogP) is 1.39. The number of carbonyl (C=O) groups excluding carboxylic acids is 1. The lowest BCUT2D eigenvalue weighted by Gasteiger charge is -2.26. The van der Waals surface area contributed by atoms with Gasteiger partial charge in [0.25, 0.3) is 0 Å². The van der Waals surface area contributed by atoms with Crippen LogP contribution in [0.5, 0.6) is 0 Å². The molecular formula is C19H21F2N3O6S2. The normalized spacial score (nSPS) is 15.3. The van der Waals surface area contributed by atoms with Crippen molar-refractivity contribution in [3.8, 4) is 0 Å². The molecule has 3 rings (SSSR count). The van der Waals surface area contributed by atoms with Gasteiger partial charge in [-0.1, -0.05) is 0 Å². The third kappa shape index (κ3) is 5.59. The van der Waals surface area contributed by atoms with E-state index in [0.29, 0.717) is 23.6 Å². The molecule has 2 aromatic rings. The van der Waals surface area contributed by atoms with Crippen LogP contribution in [0.4, 0.5) is 20.2 Å². The number of benzene rings is 2. The van der Waals surface area contributed by atoms with Crippen molar-refractivity contribution in [1.29, 1.82) is 0 Å². The summed E-state index contributed by atoms with van der Waals surface area (Å²) in [5.74, 6) is -3.17. The Kier molecular flexibility index (Phi) is 7.12. The van der Waals surface area contributed by atoms with E-state index >= 15 is 0 Å². The largest absolute Gasteiger partial charge is 0.379 e. The van der Waals surface area contributed by atoms with Crippen LogP contribution in [0.3, 0.4) is 0 Å². The SMILES string of the molecule is CS(=O)(=O)N(CC(=O)Nc1ccc(S(=O)(=O)N2CCOCC2)cc1)c1ccc(F)c(F)c1. The molecule has 0 bridgehead atoms. The van der Waals surface area contributed by atoms with Crippen molar-refractivity contribution in [2.24, 2.45) is 0 Å². The van der Waals surface area contributed by atoms with E-state index in [1.807, 2.05) is 0 Å². The number of nitrogens with one attached hydrogen (secondary N) is 1. The first-order valence-electron chi connectivity index (χ1n) is 9.39. The van der Waals surface area contributed by atoms with E-state index in [1.54, 1.807) is 0 Å². The summed E-state index contributed by atoms with van der Waals surface area (Å²) in [4.78, 5) is 12.4. The molecule has 1 saturated heterocycles. The van der Waals surface area contributed by atoms with Gasteiger partial charge in [0.15, 0.2) is 11.6 Å². The van der Waals surface area contributed by atoms with Crippen LogP contribution in [0.15, 0.2) is 47.4 Å². The van der Waals surface area contributed by atoms with Crippen LogP contribution < -0.4 is 9.62 Å². The highest BCUT2D eigenvalue weighted by atomic mass is 32.2. The molecule has 13 heteroatoms. The Hall–Kier alpha value is -2.61. The average molecular weight is 490 g/mol. The monoisotopic (exact) mass is 489 g/mol. The first kappa shape index (κ1) is 24.0. The molecule has 1 N–H and O–H groups in total. The lowest BCUT2D eigenvalue weighted by atomic mass is 10.3. The zero-order valence-electron chi connectivity index (χ0n) is 17.0. The number of morpholine rings is 1. The molecule has 0 radical (unpaired) electrons. The molecule has 2 aromatic carbocycles. The van der Waals surface area contributed by atoms with Crippen molar-refractivity contribution in [3.05, 3.63) is 54.1 Å². The molecule has 0 aliphatic carbocycles. The van der Waals surface area contributed by atoms with Gasteiger partial charge in [0, 0.05) is 24.8 Å². The van der Waals surface area contributed by atoms with Gasteiger partial charge in [-0.15, -0.1) is 0 Å². The van der Waals surface area contributed by atoms with Gasteiger partial charge < -0.3 is 10.1 Å². The Labute approximate surface area is 184 Å². The number of ether oxygens (including phenoxy) is 1. The maximum atomic E-state index is 13.5. The summed E-state index contributed by atoms with van der Waals surface area (Å²) in [7, 11) is -7.69. The van der Waals surface area contributed by atoms with E-state index in [-0.39, 0.29) is 29.4 Å². The van der Waals surface area contributed by atoms with E-state index in [1.165, 1.54) is 28.6 Å². The number of hydrogen-bond donors (Lipinski definition) is 1. The van der Waals surface area contributed by atoms with Crippen LogP contribution in [0.1, 0.15) is 0 Å². The molecule has 0 saturated carbocycles. The number of anilines is 2. The van der Waals surface area contributed by atoms with Crippen LogP contribution >= 0.6 is 0 Å². The fraction of sp³-hybridized carbons (Fsp3) is 0.316. The van der Waals surface area contributed by atoms with E-state index < -0.39 is 44.1 Å². The predicted molar refractivity (Wildman–Crippen MR) is 113 cm³/mol. The molecule has 9 nitrogen and oxygen atoms in total. The maximum absolute atomic E-state index is 13.5. The standard InChI is InChI=1S/C19H21F2N3O6S2/c1-31(26,27)24(15-4-7-17(20)18(21)12-15)13-19(25)22-14-2-5-16(6-3-14)32(28,29)23-8-10-30-11-9-23/h2-7,12H,8-11,13H2,1H3,(H,22,25). The molecule has 0 aromatic heterocycles. The van der Waals surface area contributed by atoms with E-state index in [2.05, 4.69) is 5.32 Å². The molecule has 1 aliphatic rings. The van der Waals surface area contributed by atoms with Gasteiger partial charge in [-0.3, -0.25) is 9.10 Å². The molecule has 1 heterocycles. The number of carbonyl (C=O) groups is 1. The smallest absolute Gasteiger partial charge is 0.245 e. The van der Waals surface area contributed by atoms with Gasteiger partial charge in [-0.25, -0.2) is 25.6 Å². The number of hydrogen-bond acceptors (Lipinski definition) is 6. The Bertz CT molecular complexity index is 1200. The maximum Gasteiger partial charge on any atom is 0.245 e. The fourth-order valence-electron chi connectivity index (χ4n) is 3.02. The quantitative estimate of drug-likeness (QED) is 0.629. The Morgan fingerprint density at radius 2 is 1.66 bits per heavy atom. The summed E-state index contributed by atoms with van der Waals surface area (Å²) in [6.45, 7) is 0.403. The molecule has 1 aliphatic heterocycles. The summed E-state index contributed by atoms with van der Waals surface area (Å²) in [5, 5.41) is 2.46. The van der Waals surface area contributed by atoms with Crippen LogP contribution in [0, 0.1) is 11.6 Å². The minimum Gasteiger partial charge on any atom is -0.379 e. The van der Waals surface area contributed by atoms with Gasteiger partial charge in [-0.2, -0.15) is 4.31 Å². The molecule has 0 atom stereocenters. The van der Waals surface area contributed by atoms with Gasteiger partial charge >= 0.3 is 0 Å². The van der Waals surface area contributed by atoms with Gasteiger partial charge in [0.1, 0.15) is 6.54 Å². The van der Waals surface area contributed by atoms with Crippen LogP contribution in [-0.4, -0.2) is 66.2 Å². The van der Waals surface area contributed by atoms with Crippen LogP contribution in [0.25, 0.3) is 0 Å². The van der Waals surface area contributed by atoms with Gasteiger partial charge in [0.05, 0.1) is 30.1 Å². The second-order valence-corrected chi connectivity index (χ2v) is 10.8. The highest BCUT2D eigenvalue weighted by Crippen LogP contribution is 2.22. The molecule has 1 amide bonds. The molecule has 0 unspecified atom stereocenters. The lowest BCUT2D eigenvalue weighted by Crippen LogP contribution is -2.40. The van der Waals surface area contributed by atoms with Gasteiger partial charge in [0.2, 0.25) is 26.0 Å². The first-order chi connectivity index (χ1) is 15.0. The third-order valence-electron chi connectivity index (χ3n) is 4.62. The lowest BCUT2D eigenvalue weighted by molar-refractivity contribution is -0.114. The first-order valence-corrected chi connectivity index (χ1v) is 12.7. The van der Waals surface area contributed by atoms with Crippen molar-refractivity contribution in [2.45, 2.75) is 4.90 Å². The molecule has 174 valence electrons. The summed E-state index contributed by atoms with van der Waals surface area (Å²) < 4.78 is 83.2. The number of nitrogens with zero attached hydrogens (tertiary/aromatic N) is 2. The van der Waals surface area contributed by atoms with E-state index in [4.69, 9.17) is 4.74 Å². The number of sulfonamides is 2. The van der Waals surface area contributed by atoms with E-state index in [0.717, 1.165) is 18.4 Å². The number of amides is 1. The highest BCUT2D eigenvalue weighted by Gasteiger charge is 2.26. The highest BCUT2D eigenvalue weighted by molar-refractivity contribution is 7.92. The van der Waals surface area contributed by atoms with E-state index in [9.17, 15) is 30.4 Å². The Morgan fingerprint density at radius 1 is 1.03 bits per heavy atom. The summed E-state index contributed by atoms with van der Waals surface area (Å²) in [6.07, 6.45) is 0.826. The van der Waals surface area contributed by atoms with Crippen molar-refractivity contribution < 1.29 is 35.1 Å². The number of halogens is 2. The topological polar surface area (TPSA) is 113 Å². The molecular weight excluding hydrogens is 468 g/mol. The summed E-state index contributed by atoms with van der Waals surface area (Å²) in [6, 6.07) is 7.86. The van der Waals surface area contributed by atoms with Crippen molar-refractivity contribution in [1.82, 2.24) is 4.31 Å². The zero-order chi connectivity index (χ0) is 23.5. The minimum atomic E-state index is -3.99. The van der Waals surface area contributed by atoms with Gasteiger partial charge in [-0.05, 0) is 36.4 Å². The second-order valence-electron chi connectivity index (χ2n) is 6.96. The summed E-state index contributed by atoms with van der Waals surface area (Å²) in [5.41, 5.74) is 0.0168. The summed E-state index contributed by atoms with van der Waals surface area (Å²) >= 11 is 0. The van der Waals surface area contributed by atoms with Crippen LogP contribution in [-0.2, 0) is 29.6 Å². The minimum absolute atomic E-state index is 0.0388. The Morgan fingerprint density at radius 3 is 2.22 bits per heavy atom. The number of rotatable bonds is 7. The fourth-order valence-corrected chi connectivity index (χ4v) is 5.27. The van der Waals surface area contributed by atoms with Crippen molar-refractivity contribution in [2.75, 3.05) is 48.7 Å². The van der Waals surface area contributed by atoms with Crippen molar-refractivity contribution in [3.63, 3.8) is 0 Å². The average Bonchev–Trinajstić information content (AvgIpc) is 2.74. The molecule has 32 heavy (non-hydrogen) atoms. The van der Waals surface area contributed by atoms with Crippen molar-refractivity contribution >= 4 is 37.3 Å². The third-order valence-corrected chi connectivity index (χ3v) is 7.68. The van der Waals surface area contributed by atoms with Crippen LogP contribution in [0.2, 0.25) is 0 Å². The zero-order valence-corrected chi connectivity index (χ0v) is 18.6. The Balaban J connectivity index is 1.72. The molecule has 0 spiro atoms. The molecule has 1 fully saturated rings.